The Morgan fingerprint density at radius 1 is 1.25 bits per heavy atom. The fourth-order valence-electron chi connectivity index (χ4n) is 2.69. The highest BCUT2D eigenvalue weighted by Gasteiger charge is 2.30. The van der Waals surface area contributed by atoms with Crippen LogP contribution in [-0.2, 0) is 11.2 Å². The van der Waals surface area contributed by atoms with E-state index in [-0.39, 0.29) is 5.91 Å². The highest BCUT2D eigenvalue weighted by atomic mass is 16.2. The lowest BCUT2D eigenvalue weighted by Crippen LogP contribution is -2.24. The van der Waals surface area contributed by atoms with Crippen LogP contribution in [0.2, 0.25) is 0 Å². The standard InChI is InChI=1S/C16H17N3O/c1-12-17-8-7-14(18-12)9-13-10-16(20)19(11-13)15-5-3-2-4-6-15/h2-8,13H,9-11H2,1H3/t13-/m1/s1. The molecule has 1 aromatic heterocycles. The first-order chi connectivity index (χ1) is 9.72. The zero-order chi connectivity index (χ0) is 13.9. The minimum absolute atomic E-state index is 0.201. The molecule has 0 spiro atoms. The van der Waals surface area contributed by atoms with Crippen molar-refractivity contribution in [3.8, 4) is 0 Å². The van der Waals surface area contributed by atoms with Crippen LogP contribution in [0.25, 0.3) is 0 Å². The smallest absolute Gasteiger partial charge is 0.227 e. The van der Waals surface area contributed by atoms with Gasteiger partial charge in [0.05, 0.1) is 0 Å². The first-order valence-electron chi connectivity index (χ1n) is 6.86. The Morgan fingerprint density at radius 2 is 2.05 bits per heavy atom. The van der Waals surface area contributed by atoms with Crippen molar-refractivity contribution >= 4 is 11.6 Å². The molecule has 0 aliphatic carbocycles. The molecule has 2 aromatic rings. The highest BCUT2D eigenvalue weighted by molar-refractivity contribution is 5.95. The average Bonchev–Trinajstić information content (AvgIpc) is 2.80. The number of amides is 1. The molecule has 0 N–H and O–H groups in total. The summed E-state index contributed by atoms with van der Waals surface area (Å²) in [6.07, 6.45) is 3.21. The van der Waals surface area contributed by atoms with E-state index in [0.29, 0.717) is 12.3 Å². The maximum Gasteiger partial charge on any atom is 0.227 e. The van der Waals surface area contributed by atoms with Gasteiger partial charge in [-0.25, -0.2) is 9.97 Å². The van der Waals surface area contributed by atoms with E-state index in [1.54, 1.807) is 6.20 Å². The third-order valence-electron chi connectivity index (χ3n) is 3.60. The van der Waals surface area contributed by atoms with E-state index >= 15 is 0 Å². The molecule has 1 fully saturated rings. The van der Waals surface area contributed by atoms with Crippen molar-refractivity contribution in [1.29, 1.82) is 0 Å². The molecule has 20 heavy (non-hydrogen) atoms. The molecule has 0 radical (unpaired) electrons. The van der Waals surface area contributed by atoms with Crippen LogP contribution in [0.5, 0.6) is 0 Å². The fraction of sp³-hybridized carbons (Fsp3) is 0.312. The van der Waals surface area contributed by atoms with E-state index in [0.717, 1.165) is 30.2 Å². The summed E-state index contributed by atoms with van der Waals surface area (Å²) in [5, 5.41) is 0. The van der Waals surface area contributed by atoms with Gasteiger partial charge in [-0.3, -0.25) is 4.79 Å². The first kappa shape index (κ1) is 12.8. The fourth-order valence-corrected chi connectivity index (χ4v) is 2.69. The number of carbonyl (C=O) groups is 1. The minimum Gasteiger partial charge on any atom is -0.312 e. The number of rotatable bonds is 3. The monoisotopic (exact) mass is 267 g/mol. The van der Waals surface area contributed by atoms with Gasteiger partial charge in [-0.15, -0.1) is 0 Å². The molecule has 1 aromatic carbocycles. The Hall–Kier alpha value is -2.23. The SMILES string of the molecule is Cc1nccc(C[C@@H]2CC(=O)N(c3ccccc3)C2)n1. The lowest BCUT2D eigenvalue weighted by Gasteiger charge is -2.16. The lowest BCUT2D eigenvalue weighted by atomic mass is 10.0. The van der Waals surface area contributed by atoms with Gasteiger partial charge in [0.25, 0.3) is 0 Å². The number of carbonyl (C=O) groups excluding carboxylic acids is 1. The predicted molar refractivity (Wildman–Crippen MR) is 77.4 cm³/mol. The first-order valence-corrected chi connectivity index (χ1v) is 6.86. The summed E-state index contributed by atoms with van der Waals surface area (Å²) in [4.78, 5) is 22.5. The van der Waals surface area contributed by atoms with Gasteiger partial charge in [0.1, 0.15) is 5.82 Å². The van der Waals surface area contributed by atoms with E-state index < -0.39 is 0 Å². The number of para-hydroxylation sites is 1. The largest absolute Gasteiger partial charge is 0.312 e. The van der Waals surface area contributed by atoms with Crippen LogP contribution in [0.1, 0.15) is 17.9 Å². The molecule has 102 valence electrons. The number of benzene rings is 1. The molecule has 0 saturated carbocycles. The van der Waals surface area contributed by atoms with E-state index in [1.165, 1.54) is 0 Å². The molecule has 0 bridgehead atoms. The summed E-state index contributed by atoms with van der Waals surface area (Å²) >= 11 is 0. The van der Waals surface area contributed by atoms with Gasteiger partial charge in [-0.2, -0.15) is 0 Å². The topological polar surface area (TPSA) is 46.1 Å². The van der Waals surface area contributed by atoms with E-state index in [9.17, 15) is 4.79 Å². The van der Waals surface area contributed by atoms with Crippen LogP contribution < -0.4 is 4.90 Å². The normalized spacial score (nSPS) is 18.6. The van der Waals surface area contributed by atoms with Gasteiger partial charge < -0.3 is 4.90 Å². The molecule has 4 nitrogen and oxygen atoms in total. The Bertz CT molecular complexity index is 612. The number of aromatic nitrogens is 2. The second-order valence-corrected chi connectivity index (χ2v) is 5.21. The van der Waals surface area contributed by atoms with Crippen molar-refractivity contribution in [3.05, 3.63) is 54.1 Å². The van der Waals surface area contributed by atoms with Crippen molar-refractivity contribution in [1.82, 2.24) is 9.97 Å². The van der Waals surface area contributed by atoms with E-state index in [4.69, 9.17) is 0 Å². The molecule has 3 rings (SSSR count). The molecule has 1 aliphatic heterocycles. The second-order valence-electron chi connectivity index (χ2n) is 5.21. The molecule has 2 heterocycles. The quantitative estimate of drug-likeness (QED) is 0.857. The molecule has 1 amide bonds. The summed E-state index contributed by atoms with van der Waals surface area (Å²) in [6, 6.07) is 11.8. The molecular formula is C16H17N3O. The summed E-state index contributed by atoms with van der Waals surface area (Å²) in [7, 11) is 0. The van der Waals surface area contributed by atoms with Crippen molar-refractivity contribution < 1.29 is 4.79 Å². The lowest BCUT2D eigenvalue weighted by molar-refractivity contribution is -0.117. The third-order valence-corrected chi connectivity index (χ3v) is 3.60. The zero-order valence-corrected chi connectivity index (χ0v) is 11.5. The van der Waals surface area contributed by atoms with Crippen LogP contribution in [0.15, 0.2) is 42.6 Å². The second kappa shape index (κ2) is 5.41. The maximum atomic E-state index is 12.1. The number of anilines is 1. The van der Waals surface area contributed by atoms with Gasteiger partial charge in [-0.05, 0) is 37.5 Å². The van der Waals surface area contributed by atoms with Crippen LogP contribution in [0.4, 0.5) is 5.69 Å². The number of hydrogen-bond donors (Lipinski definition) is 0. The number of hydrogen-bond acceptors (Lipinski definition) is 3. The summed E-state index contributed by atoms with van der Waals surface area (Å²) in [5.74, 6) is 1.32. The van der Waals surface area contributed by atoms with Crippen molar-refractivity contribution in [3.63, 3.8) is 0 Å². The Balaban J connectivity index is 1.71. The molecular weight excluding hydrogens is 250 g/mol. The molecule has 4 heteroatoms. The van der Waals surface area contributed by atoms with Crippen molar-refractivity contribution in [2.45, 2.75) is 19.8 Å². The van der Waals surface area contributed by atoms with Crippen molar-refractivity contribution in [2.75, 3.05) is 11.4 Å². The summed E-state index contributed by atoms with van der Waals surface area (Å²) < 4.78 is 0. The molecule has 1 aliphatic rings. The van der Waals surface area contributed by atoms with Crippen LogP contribution in [0.3, 0.4) is 0 Å². The van der Waals surface area contributed by atoms with E-state index in [1.807, 2.05) is 48.2 Å². The summed E-state index contributed by atoms with van der Waals surface area (Å²) in [5.41, 5.74) is 2.00. The Labute approximate surface area is 118 Å². The van der Waals surface area contributed by atoms with Gasteiger partial charge in [-0.1, -0.05) is 18.2 Å². The average molecular weight is 267 g/mol. The summed E-state index contributed by atoms with van der Waals surface area (Å²) in [6.45, 7) is 2.66. The Kier molecular flexibility index (Phi) is 3.46. The minimum atomic E-state index is 0.201. The number of aryl methyl sites for hydroxylation is 1. The van der Waals surface area contributed by atoms with Crippen molar-refractivity contribution in [2.24, 2.45) is 5.92 Å². The van der Waals surface area contributed by atoms with Crippen LogP contribution >= 0.6 is 0 Å². The third kappa shape index (κ3) is 2.69. The van der Waals surface area contributed by atoms with Gasteiger partial charge in [0.15, 0.2) is 0 Å². The van der Waals surface area contributed by atoms with Crippen LogP contribution in [0, 0.1) is 12.8 Å². The Morgan fingerprint density at radius 3 is 2.80 bits per heavy atom. The van der Waals surface area contributed by atoms with Gasteiger partial charge in [0, 0.05) is 30.5 Å². The number of nitrogens with zero attached hydrogens (tertiary/aromatic N) is 3. The molecule has 1 saturated heterocycles. The van der Waals surface area contributed by atoms with Gasteiger partial charge in [0.2, 0.25) is 5.91 Å². The highest BCUT2D eigenvalue weighted by Crippen LogP contribution is 2.26. The molecule has 1 atom stereocenters. The van der Waals surface area contributed by atoms with Crippen LogP contribution in [-0.4, -0.2) is 22.4 Å². The predicted octanol–water partition coefficient (Wildman–Crippen LogP) is 2.38. The molecule has 0 unspecified atom stereocenters. The zero-order valence-electron chi connectivity index (χ0n) is 11.5. The van der Waals surface area contributed by atoms with Gasteiger partial charge >= 0.3 is 0 Å². The maximum absolute atomic E-state index is 12.1. The van der Waals surface area contributed by atoms with E-state index in [2.05, 4.69) is 9.97 Å².